The fourth-order valence-electron chi connectivity index (χ4n) is 4.43. The van der Waals surface area contributed by atoms with E-state index in [9.17, 15) is 5.26 Å². The molecule has 2 aromatic heterocycles. The van der Waals surface area contributed by atoms with Crippen molar-refractivity contribution in [3.63, 3.8) is 0 Å². The van der Waals surface area contributed by atoms with E-state index in [1.165, 1.54) is 28.1 Å². The molecule has 0 aliphatic carbocycles. The van der Waals surface area contributed by atoms with Gasteiger partial charge in [-0.05, 0) is 54.7 Å². The van der Waals surface area contributed by atoms with Crippen molar-refractivity contribution in [2.24, 2.45) is 7.05 Å². The predicted octanol–water partition coefficient (Wildman–Crippen LogP) is 6.19. The van der Waals surface area contributed by atoms with Gasteiger partial charge in [0.05, 0.1) is 12.6 Å². The fraction of sp³-hybridized carbons (Fsp3) is 0.286. The number of rotatable bonds is 5. The molecule has 0 fully saturated rings. The third kappa shape index (κ3) is 3.65. The Morgan fingerprint density at radius 2 is 1.50 bits per heavy atom. The Morgan fingerprint density at radius 1 is 0.906 bits per heavy atom. The monoisotopic (exact) mass is 423 g/mol. The molecule has 2 aromatic carbocycles. The molecule has 0 saturated carbocycles. The van der Waals surface area contributed by atoms with E-state index in [4.69, 9.17) is 0 Å². The molecule has 0 aliphatic heterocycles. The highest BCUT2D eigenvalue weighted by Crippen LogP contribution is 2.36. The Morgan fingerprint density at radius 3 is 2.03 bits per heavy atom. The lowest BCUT2D eigenvalue weighted by atomic mass is 9.91. The molecule has 0 amide bonds. The first-order valence-electron chi connectivity index (χ1n) is 11.2. The molecule has 162 valence electrons. The molecule has 0 atom stereocenters. The quantitative estimate of drug-likeness (QED) is 0.353. The average Bonchev–Trinajstić information content (AvgIpc) is 3.41. The van der Waals surface area contributed by atoms with Gasteiger partial charge in [-0.1, -0.05) is 45.9 Å². The zero-order valence-corrected chi connectivity index (χ0v) is 19.8. The smallest absolute Gasteiger partial charge is 0.295 e. The van der Waals surface area contributed by atoms with Gasteiger partial charge in [0, 0.05) is 29.2 Å². The molecule has 4 aromatic rings. The minimum atomic E-state index is 0.320. The van der Waals surface area contributed by atoms with Crippen LogP contribution in [0.2, 0.25) is 0 Å². The van der Waals surface area contributed by atoms with E-state index in [1.54, 1.807) is 0 Å². The van der Waals surface area contributed by atoms with Crippen molar-refractivity contribution in [2.75, 3.05) is 0 Å². The molecule has 0 saturated heterocycles. The summed E-state index contributed by atoms with van der Waals surface area (Å²) in [5, 5.41) is 9.86. The van der Waals surface area contributed by atoms with E-state index in [0.29, 0.717) is 17.5 Å². The van der Waals surface area contributed by atoms with Gasteiger partial charge in [-0.3, -0.25) is 0 Å². The Hall–Kier alpha value is -3.58. The summed E-state index contributed by atoms with van der Waals surface area (Å²) in [6, 6.07) is 19.5. The van der Waals surface area contributed by atoms with Crippen LogP contribution in [0.4, 0.5) is 0 Å². The van der Waals surface area contributed by atoms with Gasteiger partial charge in [0.15, 0.2) is 6.20 Å². The van der Waals surface area contributed by atoms with Crippen LogP contribution in [-0.2, 0) is 7.05 Å². The Kier molecular flexibility index (Phi) is 5.76. The Labute approximate surface area is 191 Å². The van der Waals surface area contributed by atoms with Crippen LogP contribution in [0.5, 0.6) is 0 Å². The number of hydrogen-bond acceptors (Lipinski definition) is 1. The van der Waals surface area contributed by atoms with Crippen LogP contribution in [0.1, 0.15) is 61.9 Å². The van der Waals surface area contributed by atoms with Crippen molar-refractivity contribution in [2.45, 2.75) is 46.5 Å². The Balaban J connectivity index is 2.11. The van der Waals surface area contributed by atoms with Crippen molar-refractivity contribution in [3.8, 4) is 28.8 Å². The fourth-order valence-corrected chi connectivity index (χ4v) is 4.43. The van der Waals surface area contributed by atoms with E-state index in [-0.39, 0.29) is 0 Å². The van der Waals surface area contributed by atoms with Crippen molar-refractivity contribution in [3.05, 3.63) is 89.5 Å². The van der Waals surface area contributed by atoms with Crippen LogP contribution < -0.4 is 4.57 Å². The molecule has 4 rings (SSSR count). The van der Waals surface area contributed by atoms with E-state index in [2.05, 4.69) is 111 Å². The molecule has 0 N–H and O–H groups in total. The minimum Gasteiger partial charge on any atom is -0.324 e. The van der Waals surface area contributed by atoms with Gasteiger partial charge in [-0.2, -0.15) is 9.83 Å². The van der Waals surface area contributed by atoms with E-state index in [1.807, 2.05) is 17.8 Å². The second-order valence-corrected chi connectivity index (χ2v) is 9.07. The first kappa shape index (κ1) is 21.6. The largest absolute Gasteiger partial charge is 0.324 e. The van der Waals surface area contributed by atoms with Crippen LogP contribution >= 0.6 is 0 Å². The lowest BCUT2D eigenvalue weighted by Crippen LogP contribution is -2.33. The second-order valence-electron chi connectivity index (χ2n) is 9.07. The van der Waals surface area contributed by atoms with Crippen molar-refractivity contribution in [1.29, 1.82) is 5.26 Å². The molecule has 32 heavy (non-hydrogen) atoms. The van der Waals surface area contributed by atoms with Crippen LogP contribution in [0.15, 0.2) is 67.1 Å². The lowest BCUT2D eigenvalue weighted by molar-refractivity contribution is -0.661. The predicted molar refractivity (Wildman–Crippen MR) is 129 cm³/mol. The van der Waals surface area contributed by atoms with Gasteiger partial charge >= 0.3 is 0 Å². The summed E-state index contributed by atoms with van der Waals surface area (Å²) >= 11 is 0. The normalized spacial score (nSPS) is 11.3. The topological polar surface area (TPSA) is 37.5 Å². The van der Waals surface area contributed by atoms with Crippen LogP contribution in [0, 0.1) is 18.3 Å². The third-order valence-electron chi connectivity index (χ3n) is 6.20. The summed E-state index contributed by atoms with van der Waals surface area (Å²) < 4.78 is 6.42. The molecule has 2 heterocycles. The first-order valence-corrected chi connectivity index (χ1v) is 11.2. The molecule has 4 heteroatoms. The summed E-state index contributed by atoms with van der Waals surface area (Å²) in [4.78, 5) is 0. The number of nitrogens with zero attached hydrogens (tertiary/aromatic N) is 4. The van der Waals surface area contributed by atoms with Crippen LogP contribution in [-0.4, -0.2) is 9.13 Å². The number of hydrogen-bond donors (Lipinski definition) is 0. The minimum absolute atomic E-state index is 0.320. The summed E-state index contributed by atoms with van der Waals surface area (Å²) in [5.41, 5.74) is 7.86. The summed E-state index contributed by atoms with van der Waals surface area (Å²) in [7, 11) is 1.98. The second kappa shape index (κ2) is 8.51. The van der Waals surface area contributed by atoms with Crippen molar-refractivity contribution in [1.82, 2.24) is 9.13 Å². The zero-order chi connectivity index (χ0) is 23.0. The van der Waals surface area contributed by atoms with Gasteiger partial charge in [-0.15, -0.1) is 0 Å². The standard InChI is InChI=1S/C28H31N4/c1-19(2)25-15-22(31-13-9-10-14-31)16-26(20(3)4)27(25)32-18-23(17-29)30(6)28(32)24-12-8-7-11-21(24)5/h7-16,18-20H,1-6H3/q+1. The van der Waals surface area contributed by atoms with Gasteiger partial charge in [-0.25, -0.2) is 4.57 Å². The molecular weight excluding hydrogens is 392 g/mol. The number of nitriles is 1. The number of aromatic nitrogens is 3. The maximum absolute atomic E-state index is 9.86. The molecule has 0 aliphatic rings. The van der Waals surface area contributed by atoms with E-state index >= 15 is 0 Å². The molecular formula is C28H31N4+. The Bertz CT molecular complexity index is 1270. The highest BCUT2D eigenvalue weighted by atomic mass is 15.2. The number of imidazole rings is 1. The van der Waals surface area contributed by atoms with Gasteiger partial charge < -0.3 is 4.57 Å². The highest BCUT2D eigenvalue weighted by Gasteiger charge is 2.30. The molecule has 0 radical (unpaired) electrons. The average molecular weight is 424 g/mol. The molecule has 4 nitrogen and oxygen atoms in total. The van der Waals surface area contributed by atoms with Crippen LogP contribution in [0.3, 0.4) is 0 Å². The lowest BCUT2D eigenvalue weighted by Gasteiger charge is -2.20. The molecule has 0 spiro atoms. The number of benzene rings is 2. The maximum Gasteiger partial charge on any atom is 0.295 e. The first-order chi connectivity index (χ1) is 15.3. The maximum atomic E-state index is 9.86. The summed E-state index contributed by atoms with van der Waals surface area (Å²) in [6.45, 7) is 11.1. The zero-order valence-electron chi connectivity index (χ0n) is 19.8. The van der Waals surface area contributed by atoms with E-state index < -0.39 is 0 Å². The number of aryl methyl sites for hydroxylation is 1. The van der Waals surface area contributed by atoms with Gasteiger partial charge in [0.2, 0.25) is 5.69 Å². The molecule has 0 bridgehead atoms. The van der Waals surface area contributed by atoms with E-state index in [0.717, 1.165) is 11.4 Å². The SMILES string of the molecule is Cc1ccccc1-c1n(-c2c(C(C)C)cc(-n3cccc3)cc2C(C)C)cc(C#N)[n+]1C. The molecule has 0 unspecified atom stereocenters. The van der Waals surface area contributed by atoms with Crippen molar-refractivity contribution >= 4 is 0 Å². The third-order valence-corrected chi connectivity index (χ3v) is 6.20. The summed E-state index contributed by atoms with van der Waals surface area (Å²) in [5.74, 6) is 1.67. The highest BCUT2D eigenvalue weighted by molar-refractivity contribution is 5.65. The summed E-state index contributed by atoms with van der Waals surface area (Å²) in [6.07, 6.45) is 6.17. The van der Waals surface area contributed by atoms with Crippen LogP contribution in [0.25, 0.3) is 22.8 Å². The van der Waals surface area contributed by atoms with Gasteiger partial charge in [0.1, 0.15) is 11.8 Å². The van der Waals surface area contributed by atoms with Gasteiger partial charge in [0.25, 0.3) is 5.82 Å². The van der Waals surface area contributed by atoms with Crippen molar-refractivity contribution < 1.29 is 4.57 Å².